The van der Waals surface area contributed by atoms with Crippen molar-refractivity contribution in [1.29, 1.82) is 0 Å². The Hall–Kier alpha value is -2.14. The van der Waals surface area contributed by atoms with Gasteiger partial charge in [0.15, 0.2) is 0 Å². The summed E-state index contributed by atoms with van der Waals surface area (Å²) in [6, 6.07) is 10.8. The van der Waals surface area contributed by atoms with Gasteiger partial charge >= 0.3 is 0 Å². The van der Waals surface area contributed by atoms with E-state index < -0.39 is 0 Å². The quantitative estimate of drug-likeness (QED) is 0.859. The van der Waals surface area contributed by atoms with Crippen LogP contribution >= 0.6 is 0 Å². The van der Waals surface area contributed by atoms with E-state index in [-0.39, 0.29) is 12.0 Å². The van der Waals surface area contributed by atoms with Gasteiger partial charge in [0.25, 0.3) is 0 Å². The summed E-state index contributed by atoms with van der Waals surface area (Å²) >= 11 is 0. The van der Waals surface area contributed by atoms with Crippen LogP contribution in [0.4, 0.5) is 0 Å². The van der Waals surface area contributed by atoms with Crippen molar-refractivity contribution in [2.75, 3.05) is 19.6 Å². The maximum Gasteiger partial charge on any atom is 0.226 e. The maximum absolute atomic E-state index is 12.9. The molecule has 2 aliphatic rings. The molecule has 1 aliphatic heterocycles. The molecular weight excluding hydrogens is 312 g/mol. The molecule has 0 spiro atoms. The van der Waals surface area contributed by atoms with Gasteiger partial charge in [0.1, 0.15) is 0 Å². The first-order valence-electron chi connectivity index (χ1n) is 9.17. The third-order valence-electron chi connectivity index (χ3n) is 5.50. The molecule has 132 valence electrons. The number of hydrogen-bond acceptors (Lipinski definition) is 3. The Morgan fingerprint density at radius 1 is 1.24 bits per heavy atom. The van der Waals surface area contributed by atoms with Gasteiger partial charge < -0.3 is 4.90 Å². The number of benzene rings is 1. The normalized spacial score (nSPS) is 26.6. The minimum Gasteiger partial charge on any atom is -0.337 e. The highest BCUT2D eigenvalue weighted by Crippen LogP contribution is 2.48. The molecule has 0 bridgehead atoms. The van der Waals surface area contributed by atoms with E-state index in [4.69, 9.17) is 0 Å². The van der Waals surface area contributed by atoms with E-state index in [0.29, 0.717) is 11.8 Å². The molecule has 1 aromatic heterocycles. The van der Waals surface area contributed by atoms with Crippen molar-refractivity contribution in [1.82, 2.24) is 19.6 Å². The molecule has 3 atom stereocenters. The number of amides is 1. The first-order valence-corrected chi connectivity index (χ1v) is 9.17. The summed E-state index contributed by atoms with van der Waals surface area (Å²) in [6.07, 6.45) is 4.92. The molecule has 1 aliphatic carbocycles. The lowest BCUT2D eigenvalue weighted by Gasteiger charge is -2.40. The van der Waals surface area contributed by atoms with Crippen LogP contribution in [0, 0.1) is 5.92 Å². The highest BCUT2D eigenvalue weighted by molar-refractivity contribution is 5.83. The van der Waals surface area contributed by atoms with Gasteiger partial charge in [0, 0.05) is 51.4 Å². The lowest BCUT2D eigenvalue weighted by Crippen LogP contribution is -2.54. The number of nitrogens with zero attached hydrogens (tertiary/aromatic N) is 4. The average molecular weight is 338 g/mol. The number of aromatic nitrogens is 2. The van der Waals surface area contributed by atoms with Gasteiger partial charge in [-0.2, -0.15) is 5.10 Å². The Labute approximate surface area is 149 Å². The van der Waals surface area contributed by atoms with Crippen LogP contribution in [0.25, 0.3) is 0 Å². The van der Waals surface area contributed by atoms with Crippen molar-refractivity contribution >= 4 is 5.91 Å². The number of carbonyl (C=O) groups is 1. The Bertz CT molecular complexity index is 741. The molecule has 25 heavy (non-hydrogen) atoms. The van der Waals surface area contributed by atoms with E-state index in [0.717, 1.165) is 32.6 Å². The minimum atomic E-state index is 0.160. The second kappa shape index (κ2) is 6.64. The maximum atomic E-state index is 12.9. The molecule has 2 aromatic rings. The predicted octanol–water partition coefficient (Wildman–Crippen LogP) is 2.26. The van der Waals surface area contributed by atoms with E-state index in [1.807, 2.05) is 24.1 Å². The molecule has 1 saturated heterocycles. The van der Waals surface area contributed by atoms with Crippen molar-refractivity contribution < 1.29 is 4.79 Å². The van der Waals surface area contributed by atoms with Crippen molar-refractivity contribution in [2.45, 2.75) is 31.8 Å². The molecule has 2 heterocycles. The standard InChI is InChI=1S/C20H26N4O/c1-15-12-23(13-16-6-4-3-5-7-16)8-9-24(15)20(25)19-10-18(19)17-11-21-22(2)14-17/h3-7,11,14-15,18-19H,8-10,12-13H2,1-2H3/t15-,18?,19?/m0/s1. The Morgan fingerprint density at radius 3 is 2.72 bits per heavy atom. The summed E-state index contributed by atoms with van der Waals surface area (Å²) in [7, 11) is 1.93. The van der Waals surface area contributed by atoms with Crippen LogP contribution in [-0.2, 0) is 18.4 Å². The fourth-order valence-corrected chi connectivity index (χ4v) is 4.03. The summed E-state index contributed by atoms with van der Waals surface area (Å²) in [5, 5.41) is 4.23. The summed E-state index contributed by atoms with van der Waals surface area (Å²) < 4.78 is 1.82. The molecule has 4 rings (SSSR count). The number of rotatable bonds is 4. The molecule has 5 heteroatoms. The Balaban J connectivity index is 1.33. The lowest BCUT2D eigenvalue weighted by molar-refractivity contribution is -0.137. The van der Waals surface area contributed by atoms with E-state index >= 15 is 0 Å². The zero-order valence-corrected chi connectivity index (χ0v) is 15.0. The van der Waals surface area contributed by atoms with Crippen LogP contribution < -0.4 is 0 Å². The fourth-order valence-electron chi connectivity index (χ4n) is 4.03. The zero-order valence-electron chi connectivity index (χ0n) is 15.0. The third kappa shape index (κ3) is 3.47. The van der Waals surface area contributed by atoms with Crippen LogP contribution in [0.2, 0.25) is 0 Å². The Kier molecular flexibility index (Phi) is 4.34. The van der Waals surface area contributed by atoms with Gasteiger partial charge in [-0.3, -0.25) is 14.4 Å². The molecule has 2 fully saturated rings. The van der Waals surface area contributed by atoms with Crippen molar-refractivity contribution in [3.63, 3.8) is 0 Å². The van der Waals surface area contributed by atoms with Crippen LogP contribution in [0.5, 0.6) is 0 Å². The predicted molar refractivity (Wildman–Crippen MR) is 97.0 cm³/mol. The summed E-state index contributed by atoms with van der Waals surface area (Å²) in [5.74, 6) is 0.865. The number of piperazine rings is 1. The van der Waals surface area contributed by atoms with E-state index in [2.05, 4.69) is 52.2 Å². The highest BCUT2D eigenvalue weighted by atomic mass is 16.2. The van der Waals surface area contributed by atoms with Gasteiger partial charge in [-0.1, -0.05) is 30.3 Å². The fraction of sp³-hybridized carbons (Fsp3) is 0.500. The van der Waals surface area contributed by atoms with Crippen LogP contribution in [0.15, 0.2) is 42.7 Å². The largest absolute Gasteiger partial charge is 0.337 e. The molecule has 1 saturated carbocycles. The van der Waals surface area contributed by atoms with Gasteiger partial charge in [0.2, 0.25) is 5.91 Å². The topological polar surface area (TPSA) is 41.4 Å². The monoisotopic (exact) mass is 338 g/mol. The number of carbonyl (C=O) groups excluding carboxylic acids is 1. The molecule has 5 nitrogen and oxygen atoms in total. The molecule has 1 amide bonds. The zero-order chi connectivity index (χ0) is 17.4. The molecule has 0 N–H and O–H groups in total. The van der Waals surface area contributed by atoms with E-state index in [1.54, 1.807) is 0 Å². The molecule has 2 unspecified atom stereocenters. The van der Waals surface area contributed by atoms with Crippen molar-refractivity contribution in [3.8, 4) is 0 Å². The minimum absolute atomic E-state index is 0.160. The van der Waals surface area contributed by atoms with Crippen molar-refractivity contribution in [3.05, 3.63) is 53.9 Å². The average Bonchev–Trinajstić information content (AvgIpc) is 3.29. The van der Waals surface area contributed by atoms with Crippen LogP contribution in [-0.4, -0.2) is 51.2 Å². The SMILES string of the molecule is C[C@H]1CN(Cc2ccccc2)CCN1C(=O)C1CC1c1cnn(C)c1. The van der Waals surface area contributed by atoms with E-state index in [9.17, 15) is 4.79 Å². The Morgan fingerprint density at radius 2 is 2.04 bits per heavy atom. The van der Waals surface area contributed by atoms with Gasteiger partial charge in [-0.25, -0.2) is 0 Å². The first kappa shape index (κ1) is 16.3. The van der Waals surface area contributed by atoms with Crippen LogP contribution in [0.3, 0.4) is 0 Å². The number of aryl methyl sites for hydroxylation is 1. The van der Waals surface area contributed by atoms with E-state index in [1.165, 1.54) is 11.1 Å². The second-order valence-electron chi connectivity index (χ2n) is 7.50. The highest BCUT2D eigenvalue weighted by Gasteiger charge is 2.47. The second-order valence-corrected chi connectivity index (χ2v) is 7.50. The molecule has 0 radical (unpaired) electrons. The van der Waals surface area contributed by atoms with Gasteiger partial charge in [-0.05, 0) is 30.4 Å². The smallest absolute Gasteiger partial charge is 0.226 e. The third-order valence-corrected chi connectivity index (χ3v) is 5.50. The molecule has 1 aromatic carbocycles. The van der Waals surface area contributed by atoms with Gasteiger partial charge in [-0.15, -0.1) is 0 Å². The summed E-state index contributed by atoms with van der Waals surface area (Å²) in [5.41, 5.74) is 2.55. The van der Waals surface area contributed by atoms with Gasteiger partial charge in [0.05, 0.1) is 6.20 Å². The van der Waals surface area contributed by atoms with Crippen molar-refractivity contribution in [2.24, 2.45) is 13.0 Å². The summed E-state index contributed by atoms with van der Waals surface area (Å²) in [4.78, 5) is 17.5. The lowest BCUT2D eigenvalue weighted by atomic mass is 10.1. The summed E-state index contributed by atoms with van der Waals surface area (Å²) in [6.45, 7) is 5.88. The first-order chi connectivity index (χ1) is 12.1. The number of hydrogen-bond donors (Lipinski definition) is 0. The van der Waals surface area contributed by atoms with Crippen LogP contribution in [0.1, 0.15) is 30.4 Å². The molecular formula is C20H26N4O.